The Balaban J connectivity index is 2.29. The molecule has 0 amide bonds. The van der Waals surface area contributed by atoms with Crippen LogP contribution in [-0.4, -0.2) is 16.2 Å². The fraction of sp³-hybridized carbons (Fsp3) is 0.0833. The Morgan fingerprint density at radius 2 is 1.82 bits per heavy atom. The molecule has 2 N–H and O–H groups in total. The largest absolute Gasteiger partial charge is 0.479 e. The maximum absolute atomic E-state index is 10.6. The van der Waals surface area contributed by atoms with Crippen LogP contribution in [0.25, 0.3) is 10.4 Å². The summed E-state index contributed by atoms with van der Waals surface area (Å²) >= 11 is 7.04. The van der Waals surface area contributed by atoms with Crippen molar-refractivity contribution in [2.75, 3.05) is 0 Å². The van der Waals surface area contributed by atoms with E-state index in [-0.39, 0.29) is 0 Å². The van der Waals surface area contributed by atoms with Crippen molar-refractivity contribution in [2.45, 2.75) is 6.10 Å². The molecule has 1 aromatic carbocycles. The van der Waals surface area contributed by atoms with Gasteiger partial charge in [0.15, 0.2) is 6.10 Å². The van der Waals surface area contributed by atoms with Crippen molar-refractivity contribution in [1.82, 2.24) is 0 Å². The van der Waals surface area contributed by atoms with Gasteiger partial charge in [-0.3, -0.25) is 0 Å². The minimum Gasteiger partial charge on any atom is -0.479 e. The fourth-order valence-electron chi connectivity index (χ4n) is 1.39. The standard InChI is InChI=1S/C12H9ClO3S/c13-8-3-1-7(2-4-8)9-5-6-10(17-9)11(14)12(15)16/h1-6,11,14H,(H,15,16). The SMILES string of the molecule is O=C(O)C(O)c1ccc(-c2ccc(Cl)cc2)s1. The van der Waals surface area contributed by atoms with Crippen LogP contribution in [-0.2, 0) is 4.79 Å². The number of carboxylic acids is 1. The third-order valence-electron chi connectivity index (χ3n) is 2.26. The molecule has 1 atom stereocenters. The van der Waals surface area contributed by atoms with Gasteiger partial charge >= 0.3 is 5.97 Å². The van der Waals surface area contributed by atoms with E-state index in [2.05, 4.69) is 0 Å². The number of aliphatic hydroxyl groups excluding tert-OH is 1. The molecule has 88 valence electrons. The summed E-state index contributed by atoms with van der Waals surface area (Å²) in [6.07, 6.45) is -1.46. The zero-order chi connectivity index (χ0) is 12.4. The number of hydrogen-bond donors (Lipinski definition) is 2. The summed E-state index contributed by atoms with van der Waals surface area (Å²) in [7, 11) is 0. The smallest absolute Gasteiger partial charge is 0.338 e. The van der Waals surface area contributed by atoms with Crippen LogP contribution in [0, 0.1) is 0 Å². The van der Waals surface area contributed by atoms with E-state index in [1.54, 1.807) is 24.3 Å². The fourth-order valence-corrected chi connectivity index (χ4v) is 2.51. The number of hydrogen-bond acceptors (Lipinski definition) is 3. The van der Waals surface area contributed by atoms with E-state index in [0.717, 1.165) is 10.4 Å². The van der Waals surface area contributed by atoms with Crippen molar-refractivity contribution in [3.8, 4) is 10.4 Å². The molecule has 1 unspecified atom stereocenters. The Labute approximate surface area is 107 Å². The average Bonchev–Trinajstić information content (AvgIpc) is 2.78. The topological polar surface area (TPSA) is 57.5 Å². The summed E-state index contributed by atoms with van der Waals surface area (Å²) in [6.45, 7) is 0. The molecule has 1 aromatic heterocycles. The van der Waals surface area contributed by atoms with Crippen molar-refractivity contribution >= 4 is 28.9 Å². The van der Waals surface area contributed by atoms with Gasteiger partial charge in [0.1, 0.15) is 0 Å². The molecule has 1 heterocycles. The molecule has 2 aromatic rings. The first kappa shape index (κ1) is 12.1. The van der Waals surface area contributed by atoms with E-state index < -0.39 is 12.1 Å². The van der Waals surface area contributed by atoms with E-state index in [4.69, 9.17) is 16.7 Å². The highest BCUT2D eigenvalue weighted by Gasteiger charge is 2.18. The molecule has 0 spiro atoms. The zero-order valence-electron chi connectivity index (χ0n) is 8.63. The van der Waals surface area contributed by atoms with Gasteiger partial charge in [-0.2, -0.15) is 0 Å². The average molecular weight is 269 g/mol. The summed E-state index contributed by atoms with van der Waals surface area (Å²) < 4.78 is 0. The number of aliphatic hydroxyl groups is 1. The summed E-state index contributed by atoms with van der Waals surface area (Å²) in [5, 5.41) is 18.7. The van der Waals surface area contributed by atoms with Crippen molar-refractivity contribution in [2.24, 2.45) is 0 Å². The summed E-state index contributed by atoms with van der Waals surface area (Å²) in [4.78, 5) is 11.9. The van der Waals surface area contributed by atoms with Gasteiger partial charge in [-0.25, -0.2) is 4.79 Å². The number of thiophene rings is 1. The molecule has 0 saturated heterocycles. The van der Waals surface area contributed by atoms with Gasteiger partial charge in [0, 0.05) is 14.8 Å². The Morgan fingerprint density at radius 1 is 1.18 bits per heavy atom. The van der Waals surface area contributed by atoms with E-state index in [1.165, 1.54) is 11.3 Å². The van der Waals surface area contributed by atoms with E-state index in [0.29, 0.717) is 9.90 Å². The predicted octanol–water partition coefficient (Wildman–Crippen LogP) is 3.19. The normalized spacial score (nSPS) is 12.4. The van der Waals surface area contributed by atoms with Crippen LogP contribution in [0.15, 0.2) is 36.4 Å². The van der Waals surface area contributed by atoms with Gasteiger partial charge in [0.2, 0.25) is 0 Å². The van der Waals surface area contributed by atoms with Crippen LogP contribution in [0.4, 0.5) is 0 Å². The number of aliphatic carboxylic acids is 1. The van der Waals surface area contributed by atoms with Crippen LogP contribution < -0.4 is 0 Å². The van der Waals surface area contributed by atoms with Gasteiger partial charge in [0.25, 0.3) is 0 Å². The van der Waals surface area contributed by atoms with Crippen LogP contribution in [0.3, 0.4) is 0 Å². The lowest BCUT2D eigenvalue weighted by atomic mass is 10.2. The summed E-state index contributed by atoms with van der Waals surface area (Å²) in [5.74, 6) is -1.24. The maximum Gasteiger partial charge on any atom is 0.338 e. The molecule has 3 nitrogen and oxygen atoms in total. The first-order chi connectivity index (χ1) is 8.08. The highest BCUT2D eigenvalue weighted by atomic mass is 35.5. The minimum absolute atomic E-state index is 0.419. The van der Waals surface area contributed by atoms with E-state index in [1.807, 2.05) is 12.1 Å². The monoisotopic (exact) mass is 268 g/mol. The third-order valence-corrected chi connectivity index (χ3v) is 3.70. The summed E-state index contributed by atoms with van der Waals surface area (Å²) in [6, 6.07) is 10.6. The Hall–Kier alpha value is -1.36. The lowest BCUT2D eigenvalue weighted by Crippen LogP contribution is -2.08. The van der Waals surface area contributed by atoms with Gasteiger partial charge in [-0.15, -0.1) is 11.3 Å². The van der Waals surface area contributed by atoms with E-state index in [9.17, 15) is 9.90 Å². The van der Waals surface area contributed by atoms with Crippen LogP contribution in [0.5, 0.6) is 0 Å². The highest BCUT2D eigenvalue weighted by molar-refractivity contribution is 7.15. The molecular weight excluding hydrogens is 260 g/mol. The quantitative estimate of drug-likeness (QED) is 0.899. The zero-order valence-corrected chi connectivity index (χ0v) is 10.2. The first-order valence-corrected chi connectivity index (χ1v) is 6.04. The second-order valence-electron chi connectivity index (χ2n) is 3.45. The van der Waals surface area contributed by atoms with Gasteiger partial charge in [-0.1, -0.05) is 23.7 Å². The maximum atomic E-state index is 10.6. The molecule has 0 bridgehead atoms. The molecular formula is C12H9ClO3S. The molecule has 0 saturated carbocycles. The highest BCUT2D eigenvalue weighted by Crippen LogP contribution is 2.32. The van der Waals surface area contributed by atoms with E-state index >= 15 is 0 Å². The lowest BCUT2D eigenvalue weighted by molar-refractivity contribution is -0.146. The summed E-state index contributed by atoms with van der Waals surface area (Å²) in [5.41, 5.74) is 0.947. The molecule has 0 aliphatic rings. The number of halogens is 1. The van der Waals surface area contributed by atoms with Gasteiger partial charge in [-0.05, 0) is 29.8 Å². The van der Waals surface area contributed by atoms with Crippen molar-refractivity contribution in [3.63, 3.8) is 0 Å². The Kier molecular flexibility index (Phi) is 3.47. The van der Waals surface area contributed by atoms with Gasteiger partial charge < -0.3 is 10.2 Å². The van der Waals surface area contributed by atoms with Crippen molar-refractivity contribution in [3.05, 3.63) is 46.3 Å². The van der Waals surface area contributed by atoms with Gasteiger partial charge in [0.05, 0.1) is 0 Å². The number of benzene rings is 1. The predicted molar refractivity (Wildman–Crippen MR) is 67.4 cm³/mol. The lowest BCUT2D eigenvalue weighted by Gasteiger charge is -2.00. The van der Waals surface area contributed by atoms with Crippen molar-refractivity contribution in [1.29, 1.82) is 0 Å². The number of carbonyl (C=O) groups is 1. The number of rotatable bonds is 3. The molecule has 0 aliphatic carbocycles. The first-order valence-electron chi connectivity index (χ1n) is 4.84. The molecule has 0 radical (unpaired) electrons. The number of carboxylic acid groups (broad SMARTS) is 1. The third kappa shape index (κ3) is 2.66. The van der Waals surface area contributed by atoms with Crippen molar-refractivity contribution < 1.29 is 15.0 Å². The van der Waals surface area contributed by atoms with Crippen LogP contribution in [0.1, 0.15) is 11.0 Å². The molecule has 17 heavy (non-hydrogen) atoms. The van der Waals surface area contributed by atoms with Crippen LogP contribution in [0.2, 0.25) is 5.02 Å². The second kappa shape index (κ2) is 4.87. The second-order valence-corrected chi connectivity index (χ2v) is 5.00. The Morgan fingerprint density at radius 3 is 2.41 bits per heavy atom. The molecule has 2 rings (SSSR count). The van der Waals surface area contributed by atoms with Crippen LogP contribution >= 0.6 is 22.9 Å². The molecule has 0 aliphatic heterocycles. The molecule has 0 fully saturated rings. The molecule has 5 heteroatoms. The Bertz CT molecular complexity index is 533. The minimum atomic E-state index is -1.46.